The number of benzene rings is 1. The molecule has 1 aromatic carbocycles. The van der Waals surface area contributed by atoms with Crippen molar-refractivity contribution in [2.75, 3.05) is 6.54 Å². The maximum absolute atomic E-state index is 5.61. The van der Waals surface area contributed by atoms with Gasteiger partial charge < -0.3 is 5.73 Å². The zero-order chi connectivity index (χ0) is 11.5. The third kappa shape index (κ3) is 2.60. The second-order valence-corrected chi connectivity index (χ2v) is 5.57. The van der Waals surface area contributed by atoms with Gasteiger partial charge in [0.05, 0.1) is 15.2 Å². The Labute approximate surface area is 101 Å². The first kappa shape index (κ1) is 11.6. The Hall–Kier alpha value is -0.930. The average Bonchev–Trinajstić information content (AvgIpc) is 2.67. The molecule has 0 aliphatic carbocycles. The molecule has 16 heavy (non-hydrogen) atoms. The van der Waals surface area contributed by atoms with Crippen LogP contribution in [0.1, 0.15) is 23.9 Å². The highest BCUT2D eigenvalue weighted by atomic mass is 32.1. The number of aryl methyl sites for hydroxylation is 2. The van der Waals surface area contributed by atoms with Crippen LogP contribution >= 0.6 is 11.3 Å². The molecule has 1 atom stereocenters. The number of nitrogens with zero attached hydrogens (tertiary/aromatic N) is 1. The first-order chi connectivity index (χ1) is 7.69. The van der Waals surface area contributed by atoms with E-state index in [2.05, 4.69) is 37.0 Å². The predicted molar refractivity (Wildman–Crippen MR) is 70.9 cm³/mol. The summed E-state index contributed by atoms with van der Waals surface area (Å²) >= 11 is 1.81. The minimum Gasteiger partial charge on any atom is -0.330 e. The quantitative estimate of drug-likeness (QED) is 0.882. The second-order valence-electron chi connectivity index (χ2n) is 4.46. The highest BCUT2D eigenvalue weighted by Crippen LogP contribution is 2.24. The molecule has 0 aliphatic heterocycles. The Balaban J connectivity index is 2.13. The van der Waals surface area contributed by atoms with E-state index < -0.39 is 0 Å². The van der Waals surface area contributed by atoms with Gasteiger partial charge in [0, 0.05) is 0 Å². The fraction of sp³-hybridized carbons (Fsp3) is 0.462. The van der Waals surface area contributed by atoms with Crippen molar-refractivity contribution in [2.24, 2.45) is 11.7 Å². The van der Waals surface area contributed by atoms with E-state index in [1.807, 2.05) is 0 Å². The molecule has 0 fully saturated rings. The Bertz CT molecular complexity index is 476. The van der Waals surface area contributed by atoms with Crippen LogP contribution in [0.5, 0.6) is 0 Å². The Kier molecular flexibility index (Phi) is 3.56. The van der Waals surface area contributed by atoms with E-state index in [1.165, 1.54) is 15.3 Å². The van der Waals surface area contributed by atoms with Crippen LogP contribution in [0, 0.1) is 12.8 Å². The third-order valence-electron chi connectivity index (χ3n) is 2.84. The van der Waals surface area contributed by atoms with Crippen molar-refractivity contribution in [2.45, 2.75) is 26.7 Å². The molecule has 1 heterocycles. The van der Waals surface area contributed by atoms with E-state index in [0.717, 1.165) is 24.9 Å². The lowest BCUT2D eigenvalue weighted by molar-refractivity contribution is 0.544. The predicted octanol–water partition coefficient (Wildman–Crippen LogP) is 3.13. The minimum absolute atomic E-state index is 0.591. The van der Waals surface area contributed by atoms with Gasteiger partial charge in [-0.2, -0.15) is 0 Å². The van der Waals surface area contributed by atoms with E-state index in [4.69, 9.17) is 5.73 Å². The maximum Gasteiger partial charge on any atom is 0.0938 e. The van der Waals surface area contributed by atoms with Gasteiger partial charge in [0.1, 0.15) is 0 Å². The summed E-state index contributed by atoms with van der Waals surface area (Å²) in [6, 6.07) is 6.46. The van der Waals surface area contributed by atoms with Crippen molar-refractivity contribution in [3.63, 3.8) is 0 Å². The van der Waals surface area contributed by atoms with Crippen LogP contribution < -0.4 is 5.73 Å². The first-order valence-electron chi connectivity index (χ1n) is 5.75. The van der Waals surface area contributed by atoms with Crippen molar-refractivity contribution in [1.82, 2.24) is 4.98 Å². The largest absolute Gasteiger partial charge is 0.330 e. The van der Waals surface area contributed by atoms with Gasteiger partial charge in [0.15, 0.2) is 0 Å². The molecule has 86 valence electrons. The standard InChI is InChI=1S/C13H18N2S/c1-9-3-5-12-11(7-9)15-13(16-12)6-4-10(2)8-14/h3,5,7,10H,4,6,8,14H2,1-2H3. The fourth-order valence-corrected chi connectivity index (χ4v) is 2.64. The smallest absolute Gasteiger partial charge is 0.0938 e. The molecule has 2 rings (SSSR count). The molecule has 3 heteroatoms. The monoisotopic (exact) mass is 234 g/mol. The van der Waals surface area contributed by atoms with Gasteiger partial charge in [0.2, 0.25) is 0 Å². The summed E-state index contributed by atoms with van der Waals surface area (Å²) in [5, 5.41) is 1.24. The van der Waals surface area contributed by atoms with E-state index in [9.17, 15) is 0 Å². The van der Waals surface area contributed by atoms with Gasteiger partial charge in [-0.25, -0.2) is 4.98 Å². The van der Waals surface area contributed by atoms with Crippen molar-refractivity contribution in [3.05, 3.63) is 28.8 Å². The zero-order valence-corrected chi connectivity index (χ0v) is 10.7. The summed E-state index contributed by atoms with van der Waals surface area (Å²) in [5.41, 5.74) is 8.03. The van der Waals surface area contributed by atoms with Crippen LogP contribution in [0.2, 0.25) is 0 Å². The highest BCUT2D eigenvalue weighted by molar-refractivity contribution is 7.18. The molecule has 0 saturated carbocycles. The molecule has 0 aliphatic rings. The maximum atomic E-state index is 5.61. The molecule has 1 unspecified atom stereocenters. The summed E-state index contributed by atoms with van der Waals surface area (Å²) in [5.74, 6) is 0.591. The van der Waals surface area contributed by atoms with Crippen molar-refractivity contribution < 1.29 is 0 Å². The molecule has 0 amide bonds. The number of thiazole rings is 1. The number of hydrogen-bond donors (Lipinski definition) is 1. The number of fused-ring (bicyclic) bond motifs is 1. The zero-order valence-electron chi connectivity index (χ0n) is 9.86. The van der Waals surface area contributed by atoms with E-state index in [1.54, 1.807) is 11.3 Å². The molecule has 2 N–H and O–H groups in total. The SMILES string of the molecule is Cc1ccc2sc(CCC(C)CN)nc2c1. The van der Waals surface area contributed by atoms with Crippen LogP contribution in [0.15, 0.2) is 18.2 Å². The minimum atomic E-state index is 0.591. The molecule has 2 aromatic rings. The topological polar surface area (TPSA) is 38.9 Å². The number of aromatic nitrogens is 1. The lowest BCUT2D eigenvalue weighted by atomic mass is 10.1. The van der Waals surface area contributed by atoms with E-state index in [0.29, 0.717) is 5.92 Å². The van der Waals surface area contributed by atoms with Gasteiger partial charge >= 0.3 is 0 Å². The summed E-state index contributed by atoms with van der Waals surface area (Å²) in [6.07, 6.45) is 2.19. The van der Waals surface area contributed by atoms with Crippen molar-refractivity contribution in [3.8, 4) is 0 Å². The van der Waals surface area contributed by atoms with E-state index in [-0.39, 0.29) is 0 Å². The lowest BCUT2D eigenvalue weighted by Crippen LogP contribution is -2.11. The Morgan fingerprint density at radius 1 is 1.44 bits per heavy atom. The number of hydrogen-bond acceptors (Lipinski definition) is 3. The average molecular weight is 234 g/mol. The van der Waals surface area contributed by atoms with Gasteiger partial charge in [-0.1, -0.05) is 13.0 Å². The molecular weight excluding hydrogens is 216 g/mol. The van der Waals surface area contributed by atoms with Crippen LogP contribution in [0.25, 0.3) is 10.2 Å². The summed E-state index contributed by atoms with van der Waals surface area (Å²) in [4.78, 5) is 4.66. The molecular formula is C13H18N2S. The van der Waals surface area contributed by atoms with Gasteiger partial charge in [-0.15, -0.1) is 11.3 Å². The fourth-order valence-electron chi connectivity index (χ4n) is 1.68. The first-order valence-corrected chi connectivity index (χ1v) is 6.57. The van der Waals surface area contributed by atoms with Crippen LogP contribution in [-0.4, -0.2) is 11.5 Å². The Morgan fingerprint density at radius 2 is 2.25 bits per heavy atom. The number of rotatable bonds is 4. The molecule has 0 saturated heterocycles. The van der Waals surface area contributed by atoms with Gasteiger partial charge in [-0.05, 0) is 49.9 Å². The molecule has 2 nitrogen and oxygen atoms in total. The van der Waals surface area contributed by atoms with Crippen LogP contribution in [0.4, 0.5) is 0 Å². The number of nitrogens with two attached hydrogens (primary N) is 1. The summed E-state index contributed by atoms with van der Waals surface area (Å²) in [7, 11) is 0. The third-order valence-corrected chi connectivity index (χ3v) is 3.94. The second kappa shape index (κ2) is 4.93. The molecule has 0 bridgehead atoms. The van der Waals surface area contributed by atoms with Crippen molar-refractivity contribution in [1.29, 1.82) is 0 Å². The Morgan fingerprint density at radius 3 is 3.00 bits per heavy atom. The van der Waals surface area contributed by atoms with Gasteiger partial charge in [0.25, 0.3) is 0 Å². The molecule has 1 aromatic heterocycles. The normalized spacial score (nSPS) is 13.2. The molecule has 0 radical (unpaired) electrons. The van der Waals surface area contributed by atoms with E-state index >= 15 is 0 Å². The molecule has 0 spiro atoms. The lowest BCUT2D eigenvalue weighted by Gasteiger charge is -2.04. The van der Waals surface area contributed by atoms with Crippen molar-refractivity contribution >= 4 is 21.6 Å². The summed E-state index contributed by atoms with van der Waals surface area (Å²) in [6.45, 7) is 5.07. The van der Waals surface area contributed by atoms with Crippen LogP contribution in [0.3, 0.4) is 0 Å². The van der Waals surface area contributed by atoms with Gasteiger partial charge in [-0.3, -0.25) is 0 Å². The highest BCUT2D eigenvalue weighted by Gasteiger charge is 2.06. The van der Waals surface area contributed by atoms with Crippen LogP contribution in [-0.2, 0) is 6.42 Å². The summed E-state index contributed by atoms with van der Waals surface area (Å²) < 4.78 is 1.29.